The average Bonchev–Trinajstić information content (AvgIpc) is 2.48. The summed E-state index contributed by atoms with van der Waals surface area (Å²) in [6.45, 7) is 6.03. The molecule has 1 amide bonds. The lowest BCUT2D eigenvalue weighted by Crippen LogP contribution is -2.31. The van der Waals surface area contributed by atoms with E-state index in [0.717, 1.165) is 24.0 Å². The first-order valence-electron chi connectivity index (χ1n) is 6.98. The number of hydrogen-bond acceptors (Lipinski definition) is 4. The van der Waals surface area contributed by atoms with E-state index < -0.39 is 0 Å². The molecule has 0 aliphatic rings. The first-order chi connectivity index (χ1) is 9.74. The van der Waals surface area contributed by atoms with Crippen LogP contribution in [0.4, 0.5) is 5.95 Å². The number of fused-ring (bicyclic) bond motifs is 1. The second-order valence-electron chi connectivity index (χ2n) is 4.50. The van der Waals surface area contributed by atoms with E-state index in [1.165, 1.54) is 0 Å². The molecule has 20 heavy (non-hydrogen) atoms. The van der Waals surface area contributed by atoms with Crippen molar-refractivity contribution in [2.75, 3.05) is 25.0 Å². The van der Waals surface area contributed by atoms with Crippen molar-refractivity contribution in [3.8, 4) is 0 Å². The van der Waals surface area contributed by atoms with Crippen molar-refractivity contribution in [2.45, 2.75) is 20.3 Å². The highest BCUT2D eigenvalue weighted by molar-refractivity contribution is 5.78. The van der Waals surface area contributed by atoms with Crippen LogP contribution < -0.4 is 5.32 Å². The molecular weight excluding hydrogens is 252 g/mol. The Morgan fingerprint density at radius 3 is 2.75 bits per heavy atom. The molecule has 5 nitrogen and oxygen atoms in total. The summed E-state index contributed by atoms with van der Waals surface area (Å²) in [5.74, 6) is 0.722. The number of benzene rings is 1. The molecule has 106 valence electrons. The molecule has 1 N–H and O–H groups in total. The molecule has 0 unspecified atom stereocenters. The highest BCUT2D eigenvalue weighted by Crippen LogP contribution is 2.11. The number of nitrogens with one attached hydrogen (secondary N) is 1. The summed E-state index contributed by atoms with van der Waals surface area (Å²) >= 11 is 0. The van der Waals surface area contributed by atoms with Gasteiger partial charge < -0.3 is 10.2 Å². The molecule has 2 rings (SSSR count). The van der Waals surface area contributed by atoms with Crippen molar-refractivity contribution >= 4 is 22.8 Å². The number of amides is 1. The smallest absolute Gasteiger partial charge is 0.224 e. The standard InChI is InChI=1S/C15H20N4O/c1-3-19(4-2)14(20)9-10-16-15-17-11-12-7-5-6-8-13(12)18-15/h5-8,11H,3-4,9-10H2,1-2H3,(H,16,17,18). The van der Waals surface area contributed by atoms with Crippen molar-refractivity contribution in [1.29, 1.82) is 0 Å². The van der Waals surface area contributed by atoms with Gasteiger partial charge in [-0.3, -0.25) is 4.79 Å². The van der Waals surface area contributed by atoms with Crippen LogP contribution in [-0.4, -0.2) is 40.4 Å². The van der Waals surface area contributed by atoms with E-state index in [1.807, 2.05) is 43.0 Å². The van der Waals surface area contributed by atoms with Crippen LogP contribution in [0.15, 0.2) is 30.5 Å². The van der Waals surface area contributed by atoms with E-state index >= 15 is 0 Å². The van der Waals surface area contributed by atoms with Crippen molar-refractivity contribution in [3.63, 3.8) is 0 Å². The molecule has 2 aromatic rings. The molecule has 1 heterocycles. The normalized spacial score (nSPS) is 10.5. The summed E-state index contributed by atoms with van der Waals surface area (Å²) in [5, 5.41) is 4.11. The SMILES string of the molecule is CCN(CC)C(=O)CCNc1ncc2ccccc2n1. The fourth-order valence-corrected chi connectivity index (χ4v) is 2.07. The molecule has 5 heteroatoms. The minimum Gasteiger partial charge on any atom is -0.354 e. The topological polar surface area (TPSA) is 58.1 Å². The van der Waals surface area contributed by atoms with Crippen LogP contribution in [-0.2, 0) is 4.79 Å². The first-order valence-corrected chi connectivity index (χ1v) is 6.98. The first kappa shape index (κ1) is 14.2. The molecule has 1 aromatic carbocycles. The van der Waals surface area contributed by atoms with Gasteiger partial charge in [0.1, 0.15) is 0 Å². The predicted molar refractivity (Wildman–Crippen MR) is 80.6 cm³/mol. The summed E-state index contributed by atoms with van der Waals surface area (Å²) < 4.78 is 0. The van der Waals surface area contributed by atoms with Crippen LogP contribution in [0.1, 0.15) is 20.3 Å². The summed E-state index contributed by atoms with van der Waals surface area (Å²) in [6, 6.07) is 7.83. The monoisotopic (exact) mass is 272 g/mol. The van der Waals surface area contributed by atoms with Gasteiger partial charge in [-0.25, -0.2) is 9.97 Å². The van der Waals surface area contributed by atoms with Gasteiger partial charge in [-0.05, 0) is 19.9 Å². The van der Waals surface area contributed by atoms with Gasteiger partial charge in [0.15, 0.2) is 0 Å². The zero-order valence-corrected chi connectivity index (χ0v) is 12.0. The maximum Gasteiger partial charge on any atom is 0.224 e. The Hall–Kier alpha value is -2.17. The van der Waals surface area contributed by atoms with Crippen LogP contribution in [0.2, 0.25) is 0 Å². The minimum absolute atomic E-state index is 0.156. The largest absolute Gasteiger partial charge is 0.354 e. The highest BCUT2D eigenvalue weighted by atomic mass is 16.2. The quantitative estimate of drug-likeness (QED) is 0.876. The zero-order valence-electron chi connectivity index (χ0n) is 12.0. The van der Waals surface area contributed by atoms with Gasteiger partial charge in [-0.2, -0.15) is 0 Å². The Labute approximate surface area is 119 Å². The van der Waals surface area contributed by atoms with E-state index in [2.05, 4.69) is 15.3 Å². The fourth-order valence-electron chi connectivity index (χ4n) is 2.07. The Morgan fingerprint density at radius 1 is 1.25 bits per heavy atom. The summed E-state index contributed by atoms with van der Waals surface area (Å²) in [4.78, 5) is 22.3. The highest BCUT2D eigenvalue weighted by Gasteiger charge is 2.08. The van der Waals surface area contributed by atoms with Crippen LogP contribution in [0.5, 0.6) is 0 Å². The Balaban J connectivity index is 1.91. The van der Waals surface area contributed by atoms with Gasteiger partial charge in [-0.1, -0.05) is 18.2 Å². The van der Waals surface area contributed by atoms with Crippen molar-refractivity contribution < 1.29 is 4.79 Å². The zero-order chi connectivity index (χ0) is 14.4. The molecular formula is C15H20N4O. The van der Waals surface area contributed by atoms with Crippen LogP contribution in [0.3, 0.4) is 0 Å². The van der Waals surface area contributed by atoms with Crippen molar-refractivity contribution in [2.24, 2.45) is 0 Å². The van der Waals surface area contributed by atoms with Gasteiger partial charge in [0.25, 0.3) is 0 Å². The number of carbonyl (C=O) groups is 1. The second kappa shape index (κ2) is 6.84. The van der Waals surface area contributed by atoms with E-state index in [1.54, 1.807) is 6.20 Å². The molecule has 0 aliphatic carbocycles. The van der Waals surface area contributed by atoms with Gasteiger partial charge >= 0.3 is 0 Å². The maximum atomic E-state index is 11.9. The summed E-state index contributed by atoms with van der Waals surface area (Å²) in [5.41, 5.74) is 0.903. The number of para-hydroxylation sites is 1. The maximum absolute atomic E-state index is 11.9. The third kappa shape index (κ3) is 3.44. The lowest BCUT2D eigenvalue weighted by atomic mass is 10.2. The Bertz CT molecular complexity index is 581. The molecule has 0 radical (unpaired) electrons. The van der Waals surface area contributed by atoms with Crippen LogP contribution >= 0.6 is 0 Å². The molecule has 1 aromatic heterocycles. The third-order valence-corrected chi connectivity index (χ3v) is 3.23. The third-order valence-electron chi connectivity index (χ3n) is 3.23. The number of carbonyl (C=O) groups excluding carboxylic acids is 1. The molecule has 0 saturated carbocycles. The number of aromatic nitrogens is 2. The molecule has 0 bridgehead atoms. The predicted octanol–water partition coefficient (Wildman–Crippen LogP) is 2.30. The number of rotatable bonds is 6. The molecule has 0 aliphatic heterocycles. The second-order valence-corrected chi connectivity index (χ2v) is 4.50. The molecule has 0 fully saturated rings. The van der Waals surface area contributed by atoms with Gasteiger partial charge in [0.05, 0.1) is 5.52 Å². The van der Waals surface area contributed by atoms with Crippen molar-refractivity contribution in [1.82, 2.24) is 14.9 Å². The fraction of sp³-hybridized carbons (Fsp3) is 0.400. The van der Waals surface area contributed by atoms with Gasteiger partial charge in [-0.15, -0.1) is 0 Å². The Kier molecular flexibility index (Phi) is 4.87. The minimum atomic E-state index is 0.156. The van der Waals surface area contributed by atoms with E-state index in [4.69, 9.17) is 0 Å². The van der Waals surface area contributed by atoms with E-state index in [0.29, 0.717) is 18.9 Å². The van der Waals surface area contributed by atoms with Crippen LogP contribution in [0, 0.1) is 0 Å². The number of nitrogens with zero attached hydrogens (tertiary/aromatic N) is 3. The average molecular weight is 272 g/mol. The lowest BCUT2D eigenvalue weighted by Gasteiger charge is -2.18. The molecule has 0 spiro atoms. The molecule has 0 atom stereocenters. The van der Waals surface area contributed by atoms with E-state index in [-0.39, 0.29) is 5.91 Å². The summed E-state index contributed by atoms with van der Waals surface area (Å²) in [6.07, 6.45) is 2.24. The Morgan fingerprint density at radius 2 is 2.00 bits per heavy atom. The van der Waals surface area contributed by atoms with Crippen molar-refractivity contribution in [3.05, 3.63) is 30.5 Å². The van der Waals surface area contributed by atoms with Crippen LogP contribution in [0.25, 0.3) is 10.9 Å². The number of hydrogen-bond donors (Lipinski definition) is 1. The number of anilines is 1. The lowest BCUT2D eigenvalue weighted by molar-refractivity contribution is -0.130. The van der Waals surface area contributed by atoms with Gasteiger partial charge in [0, 0.05) is 37.6 Å². The van der Waals surface area contributed by atoms with E-state index in [9.17, 15) is 4.79 Å². The summed E-state index contributed by atoms with van der Waals surface area (Å²) in [7, 11) is 0. The van der Waals surface area contributed by atoms with Gasteiger partial charge in [0.2, 0.25) is 11.9 Å². The molecule has 0 saturated heterocycles.